The van der Waals surface area contributed by atoms with E-state index < -0.39 is 12.3 Å². The molecule has 0 fully saturated rings. The maximum atomic E-state index is 12.1. The Balaban J connectivity index is 3.17. The van der Waals surface area contributed by atoms with Gasteiger partial charge in [0, 0.05) is 0 Å². The van der Waals surface area contributed by atoms with Gasteiger partial charge in [-0.3, -0.25) is 0 Å². The highest BCUT2D eigenvalue weighted by atomic mass is 19.2. The summed E-state index contributed by atoms with van der Waals surface area (Å²) in [5.41, 5.74) is 0. The Labute approximate surface area is 48.9 Å². The predicted molar refractivity (Wildman–Crippen MR) is 30.1 cm³/mol. The lowest BCUT2D eigenvalue weighted by Gasteiger charge is -2.05. The van der Waals surface area contributed by atoms with E-state index in [1.165, 1.54) is 0 Å². The molecule has 0 saturated heterocycles. The van der Waals surface area contributed by atoms with Gasteiger partial charge < -0.3 is 0 Å². The van der Waals surface area contributed by atoms with Gasteiger partial charge in [-0.05, 0) is 13.3 Å². The zero-order valence-electron chi connectivity index (χ0n) is 5.03. The van der Waals surface area contributed by atoms with Crippen LogP contribution in [0.3, 0.4) is 0 Å². The van der Waals surface area contributed by atoms with Crippen molar-refractivity contribution in [2.75, 3.05) is 0 Å². The van der Waals surface area contributed by atoms with Crippen LogP contribution in [0.5, 0.6) is 0 Å². The van der Waals surface area contributed by atoms with Crippen molar-refractivity contribution in [2.24, 2.45) is 0 Å². The summed E-state index contributed by atoms with van der Waals surface area (Å²) in [6.45, 7) is 4.73. The first-order valence-corrected chi connectivity index (χ1v) is 2.79. The summed E-state index contributed by atoms with van der Waals surface area (Å²) in [6, 6.07) is 0. The minimum absolute atomic E-state index is 0.282. The van der Waals surface area contributed by atoms with Gasteiger partial charge in [-0.15, -0.1) is 0 Å². The van der Waals surface area contributed by atoms with E-state index in [2.05, 4.69) is 6.92 Å². The Morgan fingerprint density at radius 1 is 1.50 bits per heavy atom. The zero-order valence-corrected chi connectivity index (χ0v) is 5.03. The SMILES string of the molecule is [CH2][C@@H](F)[C@H](F)CCC. The van der Waals surface area contributed by atoms with Gasteiger partial charge in [0.05, 0.1) is 0 Å². The zero-order chi connectivity index (χ0) is 6.57. The van der Waals surface area contributed by atoms with Crippen LogP contribution in [0.25, 0.3) is 0 Å². The van der Waals surface area contributed by atoms with E-state index in [9.17, 15) is 8.78 Å². The van der Waals surface area contributed by atoms with E-state index >= 15 is 0 Å². The van der Waals surface area contributed by atoms with Crippen molar-refractivity contribution in [3.63, 3.8) is 0 Å². The van der Waals surface area contributed by atoms with Crippen LogP contribution >= 0.6 is 0 Å². The second-order valence-electron chi connectivity index (χ2n) is 1.82. The molecule has 0 aromatic heterocycles. The first-order chi connectivity index (χ1) is 3.68. The third kappa shape index (κ3) is 2.94. The molecule has 0 bridgehead atoms. The topological polar surface area (TPSA) is 0 Å². The molecule has 0 spiro atoms. The molecule has 1 radical (unpaired) electrons. The average molecular weight is 121 g/mol. The summed E-state index contributed by atoms with van der Waals surface area (Å²) in [6.07, 6.45) is -1.95. The average Bonchev–Trinajstić information content (AvgIpc) is 1.67. The maximum absolute atomic E-state index is 12.1. The number of alkyl halides is 2. The van der Waals surface area contributed by atoms with Crippen LogP contribution in [0.1, 0.15) is 19.8 Å². The highest BCUT2D eigenvalue weighted by Crippen LogP contribution is 2.08. The van der Waals surface area contributed by atoms with Crippen molar-refractivity contribution in [1.29, 1.82) is 0 Å². The molecule has 0 rings (SSSR count). The quantitative estimate of drug-likeness (QED) is 0.537. The maximum Gasteiger partial charge on any atom is 0.131 e. The summed E-state index contributed by atoms with van der Waals surface area (Å²) >= 11 is 0. The molecule has 0 heterocycles. The molecule has 0 aromatic rings. The van der Waals surface area contributed by atoms with E-state index in [4.69, 9.17) is 0 Å². The molecule has 0 aromatic carbocycles. The Kier molecular flexibility index (Phi) is 3.75. The Morgan fingerprint density at radius 3 is 2.12 bits per heavy atom. The van der Waals surface area contributed by atoms with Crippen LogP contribution < -0.4 is 0 Å². The van der Waals surface area contributed by atoms with Crippen LogP contribution in [0.2, 0.25) is 0 Å². The van der Waals surface area contributed by atoms with Crippen molar-refractivity contribution < 1.29 is 8.78 Å². The fraction of sp³-hybridized carbons (Fsp3) is 0.833. The third-order valence-corrected chi connectivity index (χ3v) is 0.957. The highest BCUT2D eigenvalue weighted by molar-refractivity contribution is 4.68. The monoisotopic (exact) mass is 121 g/mol. The molecule has 0 aliphatic carbocycles. The largest absolute Gasteiger partial charge is 0.244 e. The first kappa shape index (κ1) is 7.86. The summed E-state index contributed by atoms with van der Waals surface area (Å²) in [7, 11) is 0. The fourth-order valence-corrected chi connectivity index (χ4v) is 0.457. The molecule has 2 atom stereocenters. The van der Waals surface area contributed by atoms with E-state index in [1.807, 2.05) is 6.92 Å². The van der Waals surface area contributed by atoms with Gasteiger partial charge in [0.2, 0.25) is 0 Å². The number of hydrogen-bond acceptors (Lipinski definition) is 0. The molecule has 8 heavy (non-hydrogen) atoms. The molecule has 0 unspecified atom stereocenters. The lowest BCUT2D eigenvalue weighted by molar-refractivity contribution is 0.191. The van der Waals surface area contributed by atoms with Gasteiger partial charge in [0.1, 0.15) is 12.3 Å². The normalized spacial score (nSPS) is 18.0. The van der Waals surface area contributed by atoms with Crippen LogP contribution in [0.4, 0.5) is 8.78 Å². The van der Waals surface area contributed by atoms with E-state index in [0.717, 1.165) is 0 Å². The minimum atomic E-state index is -1.55. The van der Waals surface area contributed by atoms with Crippen molar-refractivity contribution >= 4 is 0 Å². The smallest absolute Gasteiger partial charge is 0.131 e. The molecule has 0 aliphatic rings. The van der Waals surface area contributed by atoms with E-state index in [1.54, 1.807) is 0 Å². The van der Waals surface area contributed by atoms with Crippen LogP contribution in [0, 0.1) is 6.92 Å². The third-order valence-electron chi connectivity index (χ3n) is 0.957. The van der Waals surface area contributed by atoms with E-state index in [-0.39, 0.29) is 6.42 Å². The first-order valence-electron chi connectivity index (χ1n) is 2.79. The summed E-state index contributed by atoms with van der Waals surface area (Å²) in [5, 5.41) is 0. The Hall–Kier alpha value is -0.140. The fourth-order valence-electron chi connectivity index (χ4n) is 0.457. The van der Waals surface area contributed by atoms with Crippen LogP contribution in [-0.2, 0) is 0 Å². The van der Waals surface area contributed by atoms with Gasteiger partial charge in [0.25, 0.3) is 0 Å². The second kappa shape index (κ2) is 3.81. The van der Waals surface area contributed by atoms with Gasteiger partial charge in [-0.25, -0.2) is 8.78 Å². The molecule has 2 heteroatoms. The Bertz CT molecular complexity index is 52.5. The molecule has 0 nitrogen and oxygen atoms in total. The number of hydrogen-bond donors (Lipinski definition) is 0. The van der Waals surface area contributed by atoms with Crippen molar-refractivity contribution in [3.8, 4) is 0 Å². The second-order valence-corrected chi connectivity index (χ2v) is 1.82. The molecule has 0 amide bonds. The van der Waals surface area contributed by atoms with Crippen molar-refractivity contribution in [2.45, 2.75) is 32.1 Å². The lowest BCUT2D eigenvalue weighted by atomic mass is 10.2. The number of rotatable bonds is 3. The van der Waals surface area contributed by atoms with Gasteiger partial charge in [-0.1, -0.05) is 13.3 Å². The molecule has 0 N–H and O–H groups in total. The summed E-state index contributed by atoms with van der Waals surface area (Å²) < 4.78 is 23.9. The van der Waals surface area contributed by atoms with Crippen molar-refractivity contribution in [3.05, 3.63) is 6.92 Å². The molecular formula is C6H11F2. The highest BCUT2D eigenvalue weighted by Gasteiger charge is 2.12. The lowest BCUT2D eigenvalue weighted by Crippen LogP contribution is -2.12. The molecule has 0 aliphatic heterocycles. The van der Waals surface area contributed by atoms with Crippen LogP contribution in [0.15, 0.2) is 0 Å². The summed E-state index contributed by atoms with van der Waals surface area (Å²) in [5.74, 6) is 0. The van der Waals surface area contributed by atoms with Gasteiger partial charge >= 0.3 is 0 Å². The van der Waals surface area contributed by atoms with Gasteiger partial charge in [-0.2, -0.15) is 0 Å². The summed E-state index contributed by atoms with van der Waals surface area (Å²) in [4.78, 5) is 0. The number of halogens is 2. The van der Waals surface area contributed by atoms with Crippen molar-refractivity contribution in [1.82, 2.24) is 0 Å². The van der Waals surface area contributed by atoms with E-state index in [0.29, 0.717) is 6.42 Å². The standard InChI is InChI=1S/C6H11F2/c1-3-4-6(8)5(2)7/h5-6H,2-4H2,1H3/t5-,6-/m1/s1. The molecule has 0 saturated carbocycles. The molecule has 49 valence electrons. The predicted octanol–water partition coefficient (Wildman–Crippen LogP) is 2.30. The van der Waals surface area contributed by atoms with Gasteiger partial charge in [0.15, 0.2) is 0 Å². The van der Waals surface area contributed by atoms with Crippen LogP contribution in [-0.4, -0.2) is 12.3 Å². The molecular weight excluding hydrogens is 110 g/mol. The minimum Gasteiger partial charge on any atom is -0.244 e. The Morgan fingerprint density at radius 2 is 2.00 bits per heavy atom.